The molecule has 0 saturated carbocycles. The molecule has 0 atom stereocenters. The molecule has 1 heteroatoms. The summed E-state index contributed by atoms with van der Waals surface area (Å²) in [5.74, 6) is 0. The Labute approximate surface area is 79.7 Å². The van der Waals surface area contributed by atoms with Crippen molar-refractivity contribution in [3.05, 3.63) is 47.6 Å². The van der Waals surface area contributed by atoms with Gasteiger partial charge in [0.15, 0.2) is 0 Å². The zero-order chi connectivity index (χ0) is 9.68. The van der Waals surface area contributed by atoms with E-state index in [-0.39, 0.29) is 0 Å². The van der Waals surface area contributed by atoms with Crippen LogP contribution in [-0.4, -0.2) is 6.21 Å². The molecule has 0 saturated heterocycles. The number of allylic oxidation sites excluding steroid dienone is 7. The molecular formula is C12H15N. The Bertz CT molecular complexity index is 303. The Morgan fingerprint density at radius 2 is 2.31 bits per heavy atom. The minimum Gasteiger partial charge on any atom is -0.308 e. The lowest BCUT2D eigenvalue weighted by Crippen LogP contribution is -1.88. The molecule has 0 bridgehead atoms. The molecule has 1 aliphatic rings. The maximum atomic E-state index is 7.04. The summed E-state index contributed by atoms with van der Waals surface area (Å²) in [6.07, 6.45) is 12.0. The highest BCUT2D eigenvalue weighted by Crippen LogP contribution is 2.18. The van der Waals surface area contributed by atoms with E-state index >= 15 is 0 Å². The standard InChI is InChI=1S/C12H15N/c1-10(9-13)8-11(2)12-6-4-3-5-7-12/h4,6-9,13H,2-3,5H2,1H3/b10-8-,13-9?. The van der Waals surface area contributed by atoms with Gasteiger partial charge in [0.05, 0.1) is 0 Å². The number of hydrogen-bond acceptors (Lipinski definition) is 1. The topological polar surface area (TPSA) is 23.9 Å². The molecule has 0 aromatic carbocycles. The molecule has 0 heterocycles. The Balaban J connectivity index is 2.73. The first-order chi connectivity index (χ1) is 6.24. The van der Waals surface area contributed by atoms with Gasteiger partial charge in [-0.05, 0) is 36.5 Å². The van der Waals surface area contributed by atoms with Gasteiger partial charge in [0.25, 0.3) is 0 Å². The first kappa shape index (κ1) is 9.72. The van der Waals surface area contributed by atoms with Crippen LogP contribution in [0.1, 0.15) is 19.8 Å². The highest BCUT2D eigenvalue weighted by atomic mass is 14.3. The molecule has 0 aromatic heterocycles. The molecule has 1 aliphatic carbocycles. The average molecular weight is 173 g/mol. The van der Waals surface area contributed by atoms with Gasteiger partial charge >= 0.3 is 0 Å². The summed E-state index contributed by atoms with van der Waals surface area (Å²) in [5, 5.41) is 7.04. The van der Waals surface area contributed by atoms with E-state index in [2.05, 4.69) is 24.8 Å². The lowest BCUT2D eigenvalue weighted by molar-refractivity contribution is 1.02. The van der Waals surface area contributed by atoms with Crippen LogP contribution < -0.4 is 0 Å². The van der Waals surface area contributed by atoms with E-state index in [0.29, 0.717) is 0 Å². The Morgan fingerprint density at radius 1 is 1.54 bits per heavy atom. The first-order valence-corrected chi connectivity index (χ1v) is 4.49. The van der Waals surface area contributed by atoms with Crippen molar-refractivity contribution in [1.29, 1.82) is 5.41 Å². The van der Waals surface area contributed by atoms with Crippen LogP contribution >= 0.6 is 0 Å². The molecule has 0 radical (unpaired) electrons. The summed E-state index contributed by atoms with van der Waals surface area (Å²) in [6, 6.07) is 0. The summed E-state index contributed by atoms with van der Waals surface area (Å²) in [6.45, 7) is 5.88. The van der Waals surface area contributed by atoms with Crippen molar-refractivity contribution in [2.75, 3.05) is 0 Å². The van der Waals surface area contributed by atoms with E-state index in [1.165, 1.54) is 11.8 Å². The van der Waals surface area contributed by atoms with Crippen molar-refractivity contribution >= 4 is 6.21 Å². The fourth-order valence-corrected chi connectivity index (χ4v) is 1.25. The van der Waals surface area contributed by atoms with Crippen LogP contribution in [0.5, 0.6) is 0 Å². The minimum atomic E-state index is 0.935. The predicted molar refractivity (Wildman–Crippen MR) is 58.1 cm³/mol. The number of rotatable bonds is 3. The molecule has 0 aromatic rings. The Morgan fingerprint density at radius 3 is 2.85 bits per heavy atom. The van der Waals surface area contributed by atoms with E-state index < -0.39 is 0 Å². The quantitative estimate of drug-likeness (QED) is 0.499. The molecular weight excluding hydrogens is 158 g/mol. The van der Waals surface area contributed by atoms with Crippen molar-refractivity contribution < 1.29 is 0 Å². The van der Waals surface area contributed by atoms with Crippen LogP contribution in [-0.2, 0) is 0 Å². The molecule has 1 nitrogen and oxygen atoms in total. The van der Waals surface area contributed by atoms with Gasteiger partial charge in [-0.1, -0.05) is 30.9 Å². The second-order valence-electron chi connectivity index (χ2n) is 3.20. The Hall–Kier alpha value is -1.37. The Kier molecular flexibility index (Phi) is 3.44. The van der Waals surface area contributed by atoms with Gasteiger partial charge in [0.2, 0.25) is 0 Å². The minimum absolute atomic E-state index is 0.935. The number of nitrogens with one attached hydrogen (secondary N) is 1. The average Bonchev–Trinajstić information content (AvgIpc) is 2.19. The summed E-state index contributed by atoms with van der Waals surface area (Å²) in [4.78, 5) is 0. The van der Waals surface area contributed by atoms with Gasteiger partial charge < -0.3 is 5.41 Å². The molecule has 1 rings (SSSR count). The van der Waals surface area contributed by atoms with Gasteiger partial charge in [0.1, 0.15) is 0 Å². The molecule has 0 amide bonds. The summed E-state index contributed by atoms with van der Waals surface area (Å²) < 4.78 is 0. The monoisotopic (exact) mass is 173 g/mol. The maximum absolute atomic E-state index is 7.04. The molecule has 0 spiro atoms. The fourth-order valence-electron chi connectivity index (χ4n) is 1.25. The molecule has 68 valence electrons. The van der Waals surface area contributed by atoms with Crippen molar-refractivity contribution in [2.24, 2.45) is 0 Å². The van der Waals surface area contributed by atoms with Crippen molar-refractivity contribution in [3.63, 3.8) is 0 Å². The third-order valence-corrected chi connectivity index (χ3v) is 2.00. The zero-order valence-corrected chi connectivity index (χ0v) is 8.01. The van der Waals surface area contributed by atoms with Crippen molar-refractivity contribution in [1.82, 2.24) is 0 Å². The van der Waals surface area contributed by atoms with E-state index in [0.717, 1.165) is 24.0 Å². The van der Waals surface area contributed by atoms with E-state index in [4.69, 9.17) is 5.41 Å². The largest absolute Gasteiger partial charge is 0.308 e. The third-order valence-electron chi connectivity index (χ3n) is 2.00. The fraction of sp³-hybridized carbons (Fsp3) is 0.250. The van der Waals surface area contributed by atoms with Gasteiger partial charge in [-0.15, -0.1) is 0 Å². The first-order valence-electron chi connectivity index (χ1n) is 4.49. The smallest absolute Gasteiger partial charge is 0.0207 e. The summed E-state index contributed by atoms with van der Waals surface area (Å²) in [7, 11) is 0. The van der Waals surface area contributed by atoms with Gasteiger partial charge in [-0.3, -0.25) is 0 Å². The van der Waals surface area contributed by atoms with Crippen molar-refractivity contribution in [3.8, 4) is 0 Å². The normalized spacial score (nSPS) is 16.7. The third kappa shape index (κ3) is 2.86. The van der Waals surface area contributed by atoms with Crippen LogP contribution in [0.4, 0.5) is 0 Å². The molecule has 13 heavy (non-hydrogen) atoms. The molecule has 0 aliphatic heterocycles. The maximum Gasteiger partial charge on any atom is 0.0207 e. The van der Waals surface area contributed by atoms with Gasteiger partial charge in [0, 0.05) is 6.21 Å². The lowest BCUT2D eigenvalue weighted by Gasteiger charge is -2.06. The molecule has 1 N–H and O–H groups in total. The van der Waals surface area contributed by atoms with Crippen LogP contribution in [0, 0.1) is 5.41 Å². The van der Waals surface area contributed by atoms with Crippen LogP contribution in [0.2, 0.25) is 0 Å². The van der Waals surface area contributed by atoms with Crippen LogP contribution in [0.15, 0.2) is 47.6 Å². The van der Waals surface area contributed by atoms with Crippen LogP contribution in [0.3, 0.4) is 0 Å². The van der Waals surface area contributed by atoms with Crippen molar-refractivity contribution in [2.45, 2.75) is 19.8 Å². The highest BCUT2D eigenvalue weighted by Gasteiger charge is 1.99. The second kappa shape index (κ2) is 4.61. The summed E-state index contributed by atoms with van der Waals surface area (Å²) in [5.41, 5.74) is 3.12. The molecule has 0 fully saturated rings. The van der Waals surface area contributed by atoms with Gasteiger partial charge in [-0.2, -0.15) is 0 Å². The van der Waals surface area contributed by atoms with E-state index in [9.17, 15) is 0 Å². The summed E-state index contributed by atoms with van der Waals surface area (Å²) >= 11 is 0. The predicted octanol–water partition coefficient (Wildman–Crippen LogP) is 3.41. The number of hydrogen-bond donors (Lipinski definition) is 1. The van der Waals surface area contributed by atoms with Crippen LogP contribution in [0.25, 0.3) is 0 Å². The molecule has 0 unspecified atom stereocenters. The highest BCUT2D eigenvalue weighted by molar-refractivity contribution is 5.76. The van der Waals surface area contributed by atoms with Gasteiger partial charge in [-0.25, -0.2) is 0 Å². The van der Waals surface area contributed by atoms with E-state index in [1.54, 1.807) is 0 Å². The second-order valence-corrected chi connectivity index (χ2v) is 3.20. The van der Waals surface area contributed by atoms with E-state index in [1.807, 2.05) is 13.0 Å². The SMILES string of the molecule is C=C(/C=C(/C)C=N)C1=CCCC=C1. The lowest BCUT2D eigenvalue weighted by atomic mass is 9.99. The zero-order valence-electron chi connectivity index (χ0n) is 8.01.